The molecule has 0 saturated carbocycles. The van der Waals surface area contributed by atoms with Crippen LogP contribution in [0.1, 0.15) is 35.4 Å². The molecule has 0 fully saturated rings. The molecule has 0 spiro atoms. The molecule has 35 heavy (non-hydrogen) atoms. The SMILES string of the molecule is C=CCCC(=O)N(Cc1ccc(C)cc1)C1C=C(C(=O)NCCO)C2c3ccccc3OC2C1O. The van der Waals surface area contributed by atoms with Gasteiger partial charge in [0.1, 0.15) is 18.0 Å². The lowest BCUT2D eigenvalue weighted by Gasteiger charge is -2.41. The van der Waals surface area contributed by atoms with Crippen LogP contribution in [0, 0.1) is 6.92 Å². The van der Waals surface area contributed by atoms with Crippen LogP contribution in [0.25, 0.3) is 0 Å². The van der Waals surface area contributed by atoms with Crippen LogP contribution in [0.3, 0.4) is 0 Å². The standard InChI is InChI=1S/C28H32N2O5/c1-3-4-9-24(32)30(17-19-12-10-18(2)11-13-19)22-16-21(28(34)29-14-15-31)25-20-7-5-6-8-23(20)35-27(25)26(22)33/h3,5-8,10-13,16,22,25-27,31,33H,1,4,9,14-15,17H2,2H3,(H,29,34). The van der Waals surface area contributed by atoms with Gasteiger partial charge in [-0.2, -0.15) is 0 Å². The normalized spacial score (nSPS) is 22.3. The molecule has 0 saturated heterocycles. The van der Waals surface area contributed by atoms with Gasteiger partial charge in [0.15, 0.2) is 0 Å². The summed E-state index contributed by atoms with van der Waals surface area (Å²) in [5.74, 6) is -0.346. The highest BCUT2D eigenvalue weighted by molar-refractivity contribution is 5.96. The van der Waals surface area contributed by atoms with E-state index < -0.39 is 24.2 Å². The second kappa shape index (κ2) is 10.9. The molecular weight excluding hydrogens is 444 g/mol. The number of nitrogens with zero attached hydrogens (tertiary/aromatic N) is 1. The fourth-order valence-corrected chi connectivity index (χ4v) is 4.81. The zero-order valence-corrected chi connectivity index (χ0v) is 19.9. The van der Waals surface area contributed by atoms with E-state index in [0.717, 1.165) is 16.7 Å². The first-order chi connectivity index (χ1) is 16.9. The quantitative estimate of drug-likeness (QED) is 0.483. The van der Waals surface area contributed by atoms with Gasteiger partial charge in [-0.1, -0.05) is 54.1 Å². The summed E-state index contributed by atoms with van der Waals surface area (Å²) in [6.45, 7) is 5.91. The third-order valence-corrected chi connectivity index (χ3v) is 6.59. The number of amides is 2. The van der Waals surface area contributed by atoms with Crippen LogP contribution in [0.2, 0.25) is 0 Å². The third-order valence-electron chi connectivity index (χ3n) is 6.59. The lowest BCUT2D eigenvalue weighted by molar-refractivity contribution is -0.138. The van der Waals surface area contributed by atoms with Crippen LogP contribution < -0.4 is 10.1 Å². The highest BCUT2D eigenvalue weighted by atomic mass is 16.5. The minimum atomic E-state index is -1.04. The first-order valence-corrected chi connectivity index (χ1v) is 11.9. The predicted octanol–water partition coefficient (Wildman–Crippen LogP) is 2.61. The number of carbonyl (C=O) groups is 2. The van der Waals surface area contributed by atoms with Crippen LogP contribution in [-0.4, -0.2) is 58.3 Å². The smallest absolute Gasteiger partial charge is 0.247 e. The molecule has 184 valence electrons. The number of allylic oxidation sites excluding steroid dienone is 1. The summed E-state index contributed by atoms with van der Waals surface area (Å²) in [4.78, 5) is 28.1. The van der Waals surface area contributed by atoms with Gasteiger partial charge in [-0.25, -0.2) is 0 Å². The monoisotopic (exact) mass is 476 g/mol. The first kappa shape index (κ1) is 24.7. The third kappa shape index (κ3) is 5.16. The molecule has 1 aliphatic carbocycles. The Morgan fingerprint density at radius 2 is 1.91 bits per heavy atom. The van der Waals surface area contributed by atoms with Gasteiger partial charge in [0.2, 0.25) is 11.8 Å². The molecule has 1 heterocycles. The van der Waals surface area contributed by atoms with Crippen molar-refractivity contribution in [1.29, 1.82) is 0 Å². The summed E-state index contributed by atoms with van der Waals surface area (Å²) in [5, 5.41) is 23.4. The van der Waals surface area contributed by atoms with Crippen LogP contribution in [0.4, 0.5) is 0 Å². The van der Waals surface area contributed by atoms with E-state index in [1.807, 2.05) is 55.5 Å². The Morgan fingerprint density at radius 1 is 1.17 bits per heavy atom. The molecule has 0 bridgehead atoms. The fraction of sp³-hybridized carbons (Fsp3) is 0.357. The Balaban J connectivity index is 1.74. The summed E-state index contributed by atoms with van der Waals surface area (Å²) in [6, 6.07) is 14.5. The maximum atomic E-state index is 13.3. The van der Waals surface area contributed by atoms with Crippen molar-refractivity contribution in [1.82, 2.24) is 10.2 Å². The van der Waals surface area contributed by atoms with Crippen LogP contribution in [-0.2, 0) is 16.1 Å². The van der Waals surface area contributed by atoms with Gasteiger partial charge in [-0.05, 0) is 31.1 Å². The topological polar surface area (TPSA) is 99.1 Å². The van der Waals surface area contributed by atoms with Crippen molar-refractivity contribution in [3.8, 4) is 5.75 Å². The highest BCUT2D eigenvalue weighted by Crippen LogP contribution is 2.47. The number of carbonyl (C=O) groups excluding carboxylic acids is 2. The van der Waals surface area contributed by atoms with Gasteiger partial charge in [-0.3, -0.25) is 9.59 Å². The molecule has 2 aromatic rings. The van der Waals surface area contributed by atoms with Crippen LogP contribution >= 0.6 is 0 Å². The second-order valence-corrected chi connectivity index (χ2v) is 9.02. The molecule has 7 nitrogen and oxygen atoms in total. The Morgan fingerprint density at radius 3 is 2.63 bits per heavy atom. The van der Waals surface area contributed by atoms with E-state index in [1.54, 1.807) is 17.1 Å². The summed E-state index contributed by atoms with van der Waals surface area (Å²) in [7, 11) is 0. The molecule has 7 heteroatoms. The van der Waals surface area contributed by atoms with E-state index >= 15 is 0 Å². The van der Waals surface area contributed by atoms with E-state index in [0.29, 0.717) is 17.7 Å². The molecule has 4 atom stereocenters. The zero-order valence-electron chi connectivity index (χ0n) is 19.9. The van der Waals surface area contributed by atoms with Gasteiger partial charge in [0, 0.05) is 30.6 Å². The minimum Gasteiger partial charge on any atom is -0.486 e. The van der Waals surface area contributed by atoms with Gasteiger partial charge < -0.3 is 25.2 Å². The predicted molar refractivity (Wildman–Crippen MR) is 133 cm³/mol. The van der Waals surface area contributed by atoms with Crippen molar-refractivity contribution in [3.05, 3.63) is 89.5 Å². The number of aliphatic hydroxyl groups is 2. The van der Waals surface area contributed by atoms with Crippen molar-refractivity contribution in [2.45, 2.75) is 50.5 Å². The molecular formula is C28H32N2O5. The minimum absolute atomic E-state index is 0.106. The number of nitrogens with one attached hydrogen (secondary N) is 1. The lowest BCUT2D eigenvalue weighted by atomic mass is 9.77. The molecule has 2 aliphatic rings. The molecule has 0 aromatic heterocycles. The summed E-state index contributed by atoms with van der Waals surface area (Å²) < 4.78 is 6.14. The number of hydrogen-bond donors (Lipinski definition) is 3. The number of fused-ring (bicyclic) bond motifs is 3. The van der Waals surface area contributed by atoms with E-state index in [2.05, 4.69) is 11.9 Å². The van der Waals surface area contributed by atoms with Gasteiger partial charge in [0.25, 0.3) is 0 Å². The molecule has 0 radical (unpaired) electrons. The maximum absolute atomic E-state index is 13.3. The number of para-hydroxylation sites is 1. The molecule has 1 aliphatic heterocycles. The van der Waals surface area contributed by atoms with Crippen molar-refractivity contribution in [2.75, 3.05) is 13.2 Å². The Kier molecular flexibility index (Phi) is 7.68. The average Bonchev–Trinajstić information content (AvgIpc) is 3.26. The fourth-order valence-electron chi connectivity index (χ4n) is 4.81. The highest BCUT2D eigenvalue weighted by Gasteiger charge is 2.50. The Bertz CT molecular complexity index is 1110. The van der Waals surface area contributed by atoms with E-state index in [4.69, 9.17) is 4.74 Å². The largest absolute Gasteiger partial charge is 0.486 e. The van der Waals surface area contributed by atoms with Crippen LogP contribution in [0.15, 0.2) is 72.8 Å². The van der Waals surface area contributed by atoms with Crippen molar-refractivity contribution < 1.29 is 24.5 Å². The number of ether oxygens (including phenoxy) is 1. The Labute approximate surface area is 205 Å². The lowest BCUT2D eigenvalue weighted by Crippen LogP contribution is -2.55. The molecule has 3 N–H and O–H groups in total. The first-order valence-electron chi connectivity index (χ1n) is 11.9. The van der Waals surface area contributed by atoms with Crippen LogP contribution in [0.5, 0.6) is 5.75 Å². The summed E-state index contributed by atoms with van der Waals surface area (Å²) in [5.41, 5.74) is 3.28. The van der Waals surface area contributed by atoms with Gasteiger partial charge >= 0.3 is 0 Å². The number of aryl methyl sites for hydroxylation is 1. The summed E-state index contributed by atoms with van der Waals surface area (Å²) in [6.07, 6.45) is 2.38. The molecule has 2 amide bonds. The Hall–Kier alpha value is -3.42. The second-order valence-electron chi connectivity index (χ2n) is 9.02. The number of benzene rings is 2. The number of aliphatic hydroxyl groups excluding tert-OH is 2. The van der Waals surface area contributed by atoms with Crippen molar-refractivity contribution in [3.63, 3.8) is 0 Å². The van der Waals surface area contributed by atoms with Gasteiger partial charge in [-0.15, -0.1) is 6.58 Å². The molecule has 4 unspecified atom stereocenters. The number of hydrogen-bond acceptors (Lipinski definition) is 5. The number of rotatable bonds is 9. The molecule has 2 aromatic carbocycles. The average molecular weight is 477 g/mol. The molecule has 4 rings (SSSR count). The summed E-state index contributed by atoms with van der Waals surface area (Å²) >= 11 is 0. The van der Waals surface area contributed by atoms with E-state index in [-0.39, 0.29) is 37.9 Å². The van der Waals surface area contributed by atoms with E-state index in [9.17, 15) is 19.8 Å². The van der Waals surface area contributed by atoms with E-state index in [1.165, 1.54) is 0 Å². The van der Waals surface area contributed by atoms with Gasteiger partial charge in [0.05, 0.1) is 18.6 Å². The van der Waals surface area contributed by atoms with Crippen molar-refractivity contribution in [2.24, 2.45) is 0 Å². The van der Waals surface area contributed by atoms with Crippen molar-refractivity contribution >= 4 is 11.8 Å². The maximum Gasteiger partial charge on any atom is 0.247 e. The zero-order chi connectivity index (χ0) is 24.9.